The van der Waals surface area contributed by atoms with Gasteiger partial charge in [0.2, 0.25) is 5.91 Å². The van der Waals surface area contributed by atoms with Crippen LogP contribution in [0, 0.1) is 6.92 Å². The number of hydrogen-bond donors (Lipinski definition) is 3. The van der Waals surface area contributed by atoms with Gasteiger partial charge in [-0.1, -0.05) is 22.0 Å². The lowest BCUT2D eigenvalue weighted by Gasteiger charge is -2.14. The quantitative estimate of drug-likeness (QED) is 0.721. The van der Waals surface area contributed by atoms with Crippen molar-refractivity contribution in [1.82, 2.24) is 5.32 Å². The van der Waals surface area contributed by atoms with Gasteiger partial charge in [0.15, 0.2) is 0 Å². The maximum Gasteiger partial charge on any atom is 0.326 e. The smallest absolute Gasteiger partial charge is 0.326 e. The van der Waals surface area contributed by atoms with Gasteiger partial charge in [-0.15, -0.1) is 0 Å². The number of aliphatic carboxylic acids is 1. The summed E-state index contributed by atoms with van der Waals surface area (Å²) in [4.78, 5) is 33.7. The highest BCUT2D eigenvalue weighted by Crippen LogP contribution is 2.17. The van der Waals surface area contributed by atoms with Gasteiger partial charge in [0, 0.05) is 16.5 Å². The first-order valence-electron chi connectivity index (χ1n) is 5.89. The second kappa shape index (κ2) is 7.04. The maximum atomic E-state index is 12.0. The van der Waals surface area contributed by atoms with Gasteiger partial charge in [-0.2, -0.15) is 0 Å². The second-order valence-corrected chi connectivity index (χ2v) is 5.19. The molecule has 1 aromatic carbocycles. The maximum absolute atomic E-state index is 12.0. The summed E-state index contributed by atoms with van der Waals surface area (Å²) in [5.74, 6) is -2.32. The van der Waals surface area contributed by atoms with Crippen LogP contribution in [-0.4, -0.2) is 28.9 Å². The van der Waals surface area contributed by atoms with Crippen LogP contribution in [0.25, 0.3) is 0 Å². The molecule has 1 aromatic rings. The molecule has 0 radical (unpaired) electrons. The van der Waals surface area contributed by atoms with E-state index in [4.69, 9.17) is 10.8 Å². The van der Waals surface area contributed by atoms with Crippen molar-refractivity contribution in [3.8, 4) is 0 Å². The van der Waals surface area contributed by atoms with Crippen LogP contribution in [0.4, 0.5) is 0 Å². The number of hydrogen-bond acceptors (Lipinski definition) is 3. The van der Waals surface area contributed by atoms with Crippen LogP contribution in [0.15, 0.2) is 22.7 Å². The number of carbonyl (C=O) groups excluding carboxylic acids is 2. The van der Waals surface area contributed by atoms with Gasteiger partial charge in [0.25, 0.3) is 5.91 Å². The summed E-state index contributed by atoms with van der Waals surface area (Å²) >= 11 is 3.30. The molecule has 0 aromatic heterocycles. The number of nitrogens with one attached hydrogen (secondary N) is 1. The first kappa shape index (κ1) is 16.2. The highest BCUT2D eigenvalue weighted by atomic mass is 79.9. The van der Waals surface area contributed by atoms with Crippen LogP contribution in [-0.2, 0) is 9.59 Å². The number of halogens is 1. The highest BCUT2D eigenvalue weighted by Gasteiger charge is 2.21. The van der Waals surface area contributed by atoms with Crippen molar-refractivity contribution >= 4 is 33.7 Å². The third-order valence-corrected chi connectivity index (χ3v) is 3.57. The predicted octanol–water partition coefficient (Wildman–Crippen LogP) is 1.21. The minimum absolute atomic E-state index is 0.0383. The van der Waals surface area contributed by atoms with Crippen LogP contribution in [0.2, 0.25) is 0 Å². The van der Waals surface area contributed by atoms with Crippen LogP contribution < -0.4 is 11.1 Å². The molecule has 7 heteroatoms. The minimum Gasteiger partial charge on any atom is -0.480 e. The molecule has 1 rings (SSSR count). The van der Waals surface area contributed by atoms with Crippen molar-refractivity contribution in [1.29, 1.82) is 0 Å². The fraction of sp³-hybridized carbons (Fsp3) is 0.308. The zero-order valence-corrected chi connectivity index (χ0v) is 12.4. The summed E-state index contributed by atoms with van der Waals surface area (Å²) < 4.78 is 0.758. The lowest BCUT2D eigenvalue weighted by Crippen LogP contribution is -2.41. The van der Waals surface area contributed by atoms with E-state index in [1.54, 1.807) is 18.2 Å². The molecule has 0 heterocycles. The van der Waals surface area contributed by atoms with E-state index in [0.717, 1.165) is 10.0 Å². The van der Waals surface area contributed by atoms with Gasteiger partial charge >= 0.3 is 5.97 Å². The Labute approximate surface area is 124 Å². The van der Waals surface area contributed by atoms with Crippen molar-refractivity contribution in [2.75, 3.05) is 0 Å². The Morgan fingerprint density at radius 1 is 1.40 bits per heavy atom. The number of carbonyl (C=O) groups is 3. The van der Waals surface area contributed by atoms with Crippen LogP contribution >= 0.6 is 15.9 Å². The van der Waals surface area contributed by atoms with Gasteiger partial charge in [0.05, 0.1) is 0 Å². The Morgan fingerprint density at radius 2 is 2.05 bits per heavy atom. The average Bonchev–Trinajstić information content (AvgIpc) is 2.36. The molecular formula is C13H15BrN2O4. The standard InChI is InChI=1S/C13H15BrN2O4/c1-7-2-3-8(6-9(7)14)12(18)16-10(13(19)20)4-5-11(15)17/h2-3,6,10H,4-5H2,1H3,(H2,15,17)(H,16,18)(H,19,20)/t10-/m0/s1. The number of aryl methyl sites for hydroxylation is 1. The van der Waals surface area contributed by atoms with E-state index in [1.807, 2.05) is 6.92 Å². The number of rotatable bonds is 6. The Morgan fingerprint density at radius 3 is 2.55 bits per heavy atom. The third kappa shape index (κ3) is 4.65. The average molecular weight is 343 g/mol. The van der Waals surface area contributed by atoms with Crippen LogP contribution in [0.3, 0.4) is 0 Å². The van der Waals surface area contributed by atoms with E-state index in [0.29, 0.717) is 5.56 Å². The van der Waals surface area contributed by atoms with Gasteiger partial charge in [-0.3, -0.25) is 9.59 Å². The second-order valence-electron chi connectivity index (χ2n) is 4.33. The van der Waals surface area contributed by atoms with E-state index in [-0.39, 0.29) is 12.8 Å². The molecular weight excluding hydrogens is 328 g/mol. The number of benzene rings is 1. The predicted molar refractivity (Wildman–Crippen MR) is 76.2 cm³/mol. The zero-order valence-electron chi connectivity index (χ0n) is 10.9. The van der Waals surface area contributed by atoms with Gasteiger partial charge in [-0.25, -0.2) is 4.79 Å². The number of carboxylic acid groups (broad SMARTS) is 1. The summed E-state index contributed by atoms with van der Waals surface area (Å²) in [7, 11) is 0. The molecule has 108 valence electrons. The lowest BCUT2D eigenvalue weighted by molar-refractivity contribution is -0.139. The molecule has 0 saturated carbocycles. The summed E-state index contributed by atoms with van der Waals surface area (Å²) in [5.41, 5.74) is 6.27. The summed E-state index contributed by atoms with van der Waals surface area (Å²) in [6.45, 7) is 1.87. The highest BCUT2D eigenvalue weighted by molar-refractivity contribution is 9.10. The molecule has 0 spiro atoms. The molecule has 1 atom stereocenters. The van der Waals surface area contributed by atoms with Crippen molar-refractivity contribution in [2.45, 2.75) is 25.8 Å². The fourth-order valence-electron chi connectivity index (χ4n) is 1.52. The Kier molecular flexibility index (Phi) is 5.69. The van der Waals surface area contributed by atoms with E-state index in [1.165, 1.54) is 0 Å². The number of primary amides is 1. The van der Waals surface area contributed by atoms with Crippen LogP contribution in [0.5, 0.6) is 0 Å². The van der Waals surface area contributed by atoms with E-state index in [2.05, 4.69) is 21.2 Å². The van der Waals surface area contributed by atoms with E-state index in [9.17, 15) is 14.4 Å². The first-order valence-corrected chi connectivity index (χ1v) is 6.68. The molecule has 0 saturated heterocycles. The minimum atomic E-state index is -1.20. The Balaban J connectivity index is 2.77. The molecule has 0 unspecified atom stereocenters. The molecule has 0 aliphatic carbocycles. The summed E-state index contributed by atoms with van der Waals surface area (Å²) in [6.07, 6.45) is -0.141. The molecule has 2 amide bonds. The Hall–Kier alpha value is -1.89. The molecule has 0 aliphatic rings. The summed E-state index contributed by atoms with van der Waals surface area (Å²) in [6, 6.07) is 3.81. The van der Waals surface area contributed by atoms with Gasteiger partial charge < -0.3 is 16.2 Å². The van der Waals surface area contributed by atoms with Crippen LogP contribution in [0.1, 0.15) is 28.8 Å². The third-order valence-electron chi connectivity index (χ3n) is 2.72. The molecule has 0 fully saturated rings. The first-order chi connectivity index (χ1) is 9.31. The largest absolute Gasteiger partial charge is 0.480 e. The van der Waals surface area contributed by atoms with Crippen molar-refractivity contribution in [3.05, 3.63) is 33.8 Å². The van der Waals surface area contributed by atoms with E-state index < -0.39 is 23.8 Å². The molecule has 4 N–H and O–H groups in total. The molecule has 0 aliphatic heterocycles. The molecule has 20 heavy (non-hydrogen) atoms. The molecule has 0 bridgehead atoms. The van der Waals surface area contributed by atoms with Gasteiger partial charge in [-0.05, 0) is 31.0 Å². The summed E-state index contributed by atoms with van der Waals surface area (Å²) in [5, 5.41) is 11.4. The van der Waals surface area contributed by atoms with E-state index >= 15 is 0 Å². The number of nitrogens with two attached hydrogens (primary N) is 1. The van der Waals surface area contributed by atoms with Crippen molar-refractivity contribution < 1.29 is 19.5 Å². The zero-order chi connectivity index (χ0) is 15.3. The van der Waals surface area contributed by atoms with Gasteiger partial charge in [0.1, 0.15) is 6.04 Å². The topological polar surface area (TPSA) is 109 Å². The fourth-order valence-corrected chi connectivity index (χ4v) is 1.90. The van der Waals surface area contributed by atoms with Crippen molar-refractivity contribution in [2.24, 2.45) is 5.73 Å². The number of amides is 2. The normalized spacial score (nSPS) is 11.7. The van der Waals surface area contributed by atoms with Crippen molar-refractivity contribution in [3.63, 3.8) is 0 Å². The monoisotopic (exact) mass is 342 g/mol. The Bertz CT molecular complexity index is 545. The number of carboxylic acids is 1. The lowest BCUT2D eigenvalue weighted by atomic mass is 10.1. The SMILES string of the molecule is Cc1ccc(C(=O)N[C@@H](CCC(N)=O)C(=O)O)cc1Br. The molecule has 6 nitrogen and oxygen atoms in total.